The maximum atomic E-state index is 5.79. The van der Waals surface area contributed by atoms with E-state index in [1.807, 2.05) is 19.1 Å². The number of anilines is 1. The third-order valence-corrected chi connectivity index (χ3v) is 2.57. The lowest BCUT2D eigenvalue weighted by molar-refractivity contribution is 0.146. The molecule has 0 aliphatic rings. The molecule has 0 amide bonds. The molecule has 0 unspecified atom stereocenters. The van der Waals surface area contributed by atoms with Gasteiger partial charge in [-0.05, 0) is 37.5 Å². The number of guanidine groups is 1. The van der Waals surface area contributed by atoms with Crippen molar-refractivity contribution in [1.29, 1.82) is 0 Å². The molecule has 0 aliphatic heterocycles. The van der Waals surface area contributed by atoms with Crippen LogP contribution >= 0.6 is 0 Å². The number of nitrogens with two attached hydrogens (primary N) is 1. The number of nitrogens with one attached hydrogen (secondary N) is 1. The highest BCUT2D eigenvalue weighted by molar-refractivity contribution is 5.92. The minimum absolute atomic E-state index is 0.454. The van der Waals surface area contributed by atoms with Crippen molar-refractivity contribution in [1.82, 2.24) is 0 Å². The van der Waals surface area contributed by atoms with Crippen molar-refractivity contribution in [2.45, 2.75) is 26.7 Å². The Morgan fingerprint density at radius 2 is 2.00 bits per heavy atom. The molecule has 3 N–H and O–H groups in total. The maximum Gasteiger partial charge on any atom is 0.193 e. The van der Waals surface area contributed by atoms with Gasteiger partial charge in [0.15, 0.2) is 5.96 Å². The van der Waals surface area contributed by atoms with Crippen LogP contribution in [0, 0.1) is 0 Å². The smallest absolute Gasteiger partial charge is 0.193 e. The third-order valence-electron chi connectivity index (χ3n) is 2.57. The number of hydrogen-bond acceptors (Lipinski definition) is 2. The first-order chi connectivity index (χ1) is 8.76. The van der Waals surface area contributed by atoms with Crippen LogP contribution in [0.5, 0.6) is 0 Å². The summed E-state index contributed by atoms with van der Waals surface area (Å²) in [6.07, 6.45) is 1.94. The lowest BCUT2D eigenvalue weighted by Crippen LogP contribution is -2.23. The van der Waals surface area contributed by atoms with Crippen molar-refractivity contribution >= 4 is 11.6 Å². The van der Waals surface area contributed by atoms with Gasteiger partial charge < -0.3 is 15.8 Å². The Morgan fingerprint density at radius 1 is 1.28 bits per heavy atom. The zero-order valence-electron chi connectivity index (χ0n) is 11.3. The first kappa shape index (κ1) is 14.5. The maximum absolute atomic E-state index is 5.79. The van der Waals surface area contributed by atoms with Gasteiger partial charge >= 0.3 is 0 Å². The first-order valence-electron chi connectivity index (χ1n) is 6.49. The van der Waals surface area contributed by atoms with Crippen LogP contribution in [0.3, 0.4) is 0 Å². The molecule has 1 aromatic rings. The summed E-state index contributed by atoms with van der Waals surface area (Å²) in [5.74, 6) is 0.454. The van der Waals surface area contributed by atoms with E-state index < -0.39 is 0 Å². The van der Waals surface area contributed by atoms with Gasteiger partial charge in [0, 0.05) is 25.4 Å². The van der Waals surface area contributed by atoms with Crippen molar-refractivity contribution in [3.63, 3.8) is 0 Å². The van der Waals surface area contributed by atoms with E-state index in [-0.39, 0.29) is 0 Å². The zero-order chi connectivity index (χ0) is 13.2. The molecule has 0 saturated heterocycles. The number of ether oxygens (including phenoxy) is 1. The molecule has 0 atom stereocenters. The summed E-state index contributed by atoms with van der Waals surface area (Å²) in [6.45, 7) is 6.29. The van der Waals surface area contributed by atoms with E-state index in [1.54, 1.807) is 0 Å². The van der Waals surface area contributed by atoms with Gasteiger partial charge in [0.1, 0.15) is 0 Å². The molecule has 0 heterocycles. The molecule has 0 radical (unpaired) electrons. The lowest BCUT2D eigenvalue weighted by atomic mass is 10.1. The normalized spacial score (nSPS) is 11.6. The van der Waals surface area contributed by atoms with Gasteiger partial charge in [-0.2, -0.15) is 0 Å². The number of nitrogens with zero attached hydrogens (tertiary/aromatic N) is 1. The molecular weight excluding hydrogens is 226 g/mol. The van der Waals surface area contributed by atoms with Crippen molar-refractivity contribution in [3.8, 4) is 0 Å². The Labute approximate surface area is 109 Å². The fourth-order valence-corrected chi connectivity index (χ4v) is 1.52. The minimum atomic E-state index is 0.454. The lowest BCUT2D eigenvalue weighted by Gasteiger charge is -2.06. The van der Waals surface area contributed by atoms with Gasteiger partial charge in [-0.3, -0.25) is 4.99 Å². The molecule has 0 bridgehead atoms. The number of hydrogen-bond donors (Lipinski definition) is 2. The summed E-state index contributed by atoms with van der Waals surface area (Å²) in [4.78, 5) is 4.24. The molecular formula is C14H23N3O. The van der Waals surface area contributed by atoms with E-state index in [0.29, 0.717) is 12.5 Å². The van der Waals surface area contributed by atoms with Crippen LogP contribution in [0.2, 0.25) is 0 Å². The fraction of sp³-hybridized carbons (Fsp3) is 0.500. The van der Waals surface area contributed by atoms with E-state index in [9.17, 15) is 0 Å². The summed E-state index contributed by atoms with van der Waals surface area (Å²) < 4.78 is 5.23. The molecule has 4 nitrogen and oxygen atoms in total. The van der Waals surface area contributed by atoms with E-state index >= 15 is 0 Å². The molecule has 0 saturated carbocycles. The molecule has 1 rings (SSSR count). The van der Waals surface area contributed by atoms with Crippen molar-refractivity contribution < 1.29 is 4.74 Å². The SMILES string of the molecule is CCOCCCN=C(N)Nc1ccc(CC)cc1. The summed E-state index contributed by atoms with van der Waals surface area (Å²) in [5.41, 5.74) is 8.07. The van der Waals surface area contributed by atoms with E-state index in [0.717, 1.165) is 31.7 Å². The number of aryl methyl sites for hydroxylation is 1. The highest BCUT2D eigenvalue weighted by Gasteiger charge is 1.95. The second-order valence-corrected chi connectivity index (χ2v) is 3.99. The van der Waals surface area contributed by atoms with Crippen molar-refractivity contribution in [2.24, 2.45) is 10.7 Å². The van der Waals surface area contributed by atoms with Crippen LogP contribution in [0.15, 0.2) is 29.3 Å². The van der Waals surface area contributed by atoms with Gasteiger partial charge in [-0.25, -0.2) is 0 Å². The largest absolute Gasteiger partial charge is 0.382 e. The summed E-state index contributed by atoms with van der Waals surface area (Å²) in [6, 6.07) is 8.21. The number of aliphatic imine (C=N–C) groups is 1. The molecule has 0 aromatic heterocycles. The average molecular weight is 249 g/mol. The fourth-order valence-electron chi connectivity index (χ4n) is 1.52. The second kappa shape index (κ2) is 8.53. The second-order valence-electron chi connectivity index (χ2n) is 3.99. The molecule has 4 heteroatoms. The highest BCUT2D eigenvalue weighted by Crippen LogP contribution is 2.09. The van der Waals surface area contributed by atoms with E-state index in [1.165, 1.54) is 5.56 Å². The van der Waals surface area contributed by atoms with Crippen LogP contribution in [-0.4, -0.2) is 25.7 Å². The van der Waals surface area contributed by atoms with Crippen molar-refractivity contribution in [3.05, 3.63) is 29.8 Å². The first-order valence-corrected chi connectivity index (χ1v) is 6.49. The topological polar surface area (TPSA) is 59.6 Å². The summed E-state index contributed by atoms with van der Waals surface area (Å²) in [5, 5.41) is 3.07. The minimum Gasteiger partial charge on any atom is -0.382 e. The Kier molecular flexibility index (Phi) is 6.87. The summed E-state index contributed by atoms with van der Waals surface area (Å²) >= 11 is 0. The Hall–Kier alpha value is -1.55. The third kappa shape index (κ3) is 5.68. The Balaban J connectivity index is 2.33. The van der Waals surface area contributed by atoms with Gasteiger partial charge in [-0.1, -0.05) is 19.1 Å². The van der Waals surface area contributed by atoms with Gasteiger partial charge in [0.25, 0.3) is 0 Å². The van der Waals surface area contributed by atoms with E-state index in [2.05, 4.69) is 29.4 Å². The van der Waals surface area contributed by atoms with Crippen LogP contribution in [-0.2, 0) is 11.2 Å². The number of benzene rings is 1. The zero-order valence-corrected chi connectivity index (χ0v) is 11.3. The van der Waals surface area contributed by atoms with Gasteiger partial charge in [-0.15, -0.1) is 0 Å². The molecule has 0 fully saturated rings. The van der Waals surface area contributed by atoms with Gasteiger partial charge in [0.2, 0.25) is 0 Å². The van der Waals surface area contributed by atoms with Crippen LogP contribution in [0.4, 0.5) is 5.69 Å². The standard InChI is InChI=1S/C14H23N3O/c1-3-12-6-8-13(9-7-12)17-14(15)16-10-5-11-18-4-2/h6-9H,3-5,10-11H2,1-2H3,(H3,15,16,17). The predicted octanol–water partition coefficient (Wildman–Crippen LogP) is 2.40. The molecule has 1 aromatic carbocycles. The number of rotatable bonds is 7. The predicted molar refractivity (Wildman–Crippen MR) is 77.0 cm³/mol. The van der Waals surface area contributed by atoms with Crippen LogP contribution in [0.25, 0.3) is 0 Å². The molecule has 0 aliphatic carbocycles. The van der Waals surface area contributed by atoms with Gasteiger partial charge in [0.05, 0.1) is 0 Å². The Morgan fingerprint density at radius 3 is 2.61 bits per heavy atom. The van der Waals surface area contributed by atoms with Crippen molar-refractivity contribution in [2.75, 3.05) is 25.1 Å². The average Bonchev–Trinajstić information content (AvgIpc) is 2.39. The van der Waals surface area contributed by atoms with Crippen LogP contribution < -0.4 is 11.1 Å². The monoisotopic (exact) mass is 249 g/mol. The van der Waals surface area contributed by atoms with Crippen LogP contribution in [0.1, 0.15) is 25.8 Å². The highest BCUT2D eigenvalue weighted by atomic mass is 16.5. The quantitative estimate of drug-likeness (QED) is 0.443. The summed E-state index contributed by atoms with van der Waals surface area (Å²) in [7, 11) is 0. The molecule has 18 heavy (non-hydrogen) atoms. The Bertz CT molecular complexity index is 360. The molecule has 100 valence electrons. The van der Waals surface area contributed by atoms with E-state index in [4.69, 9.17) is 10.5 Å². The molecule has 0 spiro atoms.